The summed E-state index contributed by atoms with van der Waals surface area (Å²) in [4.78, 5) is 35.4. The molecule has 0 saturated heterocycles. The van der Waals surface area contributed by atoms with E-state index in [1.807, 2.05) is 0 Å². The molecule has 9 heteroatoms. The molecular weight excluding hydrogens is 360 g/mol. The predicted octanol–water partition coefficient (Wildman–Crippen LogP) is 1.93. The molecule has 0 radical (unpaired) electrons. The standard InChI is InChI=1S/C19H14N6O3/c20-16(26)13-7-9-21-10-15(13)11-3-5-12(6-4-11)23-17-14-2-1-8-22-18(14)25(28)19(27)24-17/h1-10,28H,(H2,20,26)(H,23,24,27). The molecule has 0 unspecified atom stereocenters. The second-order valence-electron chi connectivity index (χ2n) is 5.92. The number of pyridine rings is 2. The number of carbonyl (C=O) groups is 1. The molecule has 0 fully saturated rings. The zero-order valence-corrected chi connectivity index (χ0v) is 14.4. The largest absolute Gasteiger partial charge is 0.422 e. The summed E-state index contributed by atoms with van der Waals surface area (Å²) < 4.78 is 0.400. The van der Waals surface area contributed by atoms with E-state index in [0.717, 1.165) is 5.56 Å². The predicted molar refractivity (Wildman–Crippen MR) is 102 cm³/mol. The van der Waals surface area contributed by atoms with Crippen LogP contribution in [0.25, 0.3) is 22.2 Å². The van der Waals surface area contributed by atoms with Gasteiger partial charge in [-0.3, -0.25) is 9.78 Å². The van der Waals surface area contributed by atoms with E-state index in [0.29, 0.717) is 26.9 Å². The van der Waals surface area contributed by atoms with Gasteiger partial charge in [-0.15, -0.1) is 4.73 Å². The van der Waals surface area contributed by atoms with Gasteiger partial charge >= 0.3 is 5.69 Å². The molecule has 1 amide bonds. The summed E-state index contributed by atoms with van der Waals surface area (Å²) in [6, 6.07) is 12.0. The van der Waals surface area contributed by atoms with Crippen LogP contribution in [0.5, 0.6) is 0 Å². The lowest BCUT2D eigenvalue weighted by atomic mass is 10.0. The maximum Gasteiger partial charge on any atom is 0.384 e. The van der Waals surface area contributed by atoms with Crippen molar-refractivity contribution in [3.05, 3.63) is 77.1 Å². The number of hydrogen-bond donors (Lipinski definition) is 3. The first-order valence-corrected chi connectivity index (χ1v) is 8.23. The molecule has 28 heavy (non-hydrogen) atoms. The van der Waals surface area contributed by atoms with Gasteiger partial charge in [-0.1, -0.05) is 12.1 Å². The van der Waals surface area contributed by atoms with Gasteiger partial charge in [0, 0.05) is 35.4 Å². The molecule has 4 N–H and O–H groups in total. The van der Waals surface area contributed by atoms with E-state index in [-0.39, 0.29) is 11.5 Å². The number of benzene rings is 1. The number of fused-ring (bicyclic) bond motifs is 1. The van der Waals surface area contributed by atoms with E-state index in [4.69, 9.17) is 5.73 Å². The maximum atomic E-state index is 11.9. The zero-order valence-electron chi connectivity index (χ0n) is 14.4. The highest BCUT2D eigenvalue weighted by Crippen LogP contribution is 2.26. The van der Waals surface area contributed by atoms with Crippen molar-refractivity contribution in [3.8, 4) is 11.1 Å². The van der Waals surface area contributed by atoms with Gasteiger partial charge in [-0.05, 0) is 35.9 Å². The minimum absolute atomic E-state index is 0.100. The first-order chi connectivity index (χ1) is 13.5. The van der Waals surface area contributed by atoms with Gasteiger partial charge in [0.15, 0.2) is 5.65 Å². The van der Waals surface area contributed by atoms with Gasteiger partial charge in [-0.25, -0.2) is 9.78 Å². The quantitative estimate of drug-likeness (QED) is 0.464. The van der Waals surface area contributed by atoms with Crippen molar-refractivity contribution in [1.29, 1.82) is 0 Å². The van der Waals surface area contributed by atoms with Crippen molar-refractivity contribution in [3.63, 3.8) is 0 Å². The van der Waals surface area contributed by atoms with Crippen LogP contribution in [0.15, 0.2) is 65.8 Å². The van der Waals surface area contributed by atoms with E-state index in [2.05, 4.69) is 20.3 Å². The van der Waals surface area contributed by atoms with Crippen molar-refractivity contribution in [2.45, 2.75) is 0 Å². The first-order valence-electron chi connectivity index (χ1n) is 8.23. The number of carbonyl (C=O) groups excluding carboxylic acids is 1. The Kier molecular flexibility index (Phi) is 4.17. The normalized spacial score (nSPS) is 10.7. The fraction of sp³-hybridized carbons (Fsp3) is 0. The highest BCUT2D eigenvalue weighted by molar-refractivity contribution is 5.99. The summed E-state index contributed by atoms with van der Waals surface area (Å²) in [7, 11) is 0. The SMILES string of the molecule is NC(=O)c1ccncc1-c1ccc(Nc2nc(=O)n(O)c3ncccc23)cc1. The first kappa shape index (κ1) is 17.2. The van der Waals surface area contributed by atoms with E-state index in [9.17, 15) is 14.8 Å². The van der Waals surface area contributed by atoms with Crippen LogP contribution >= 0.6 is 0 Å². The van der Waals surface area contributed by atoms with Crippen LogP contribution in [-0.4, -0.2) is 30.8 Å². The lowest BCUT2D eigenvalue weighted by Crippen LogP contribution is -2.23. The second kappa shape index (κ2) is 6.80. The Bertz CT molecular complexity index is 1250. The smallest absolute Gasteiger partial charge is 0.384 e. The molecule has 138 valence electrons. The fourth-order valence-electron chi connectivity index (χ4n) is 2.85. The van der Waals surface area contributed by atoms with Crippen molar-refractivity contribution < 1.29 is 10.0 Å². The van der Waals surface area contributed by atoms with E-state index < -0.39 is 11.6 Å². The number of primary amides is 1. The van der Waals surface area contributed by atoms with Crippen molar-refractivity contribution in [1.82, 2.24) is 19.7 Å². The van der Waals surface area contributed by atoms with Crippen molar-refractivity contribution >= 4 is 28.4 Å². The minimum Gasteiger partial charge on any atom is -0.422 e. The highest BCUT2D eigenvalue weighted by atomic mass is 16.5. The molecule has 0 aliphatic rings. The van der Waals surface area contributed by atoms with Crippen LogP contribution < -0.4 is 16.7 Å². The Morgan fingerprint density at radius 2 is 1.89 bits per heavy atom. The highest BCUT2D eigenvalue weighted by Gasteiger charge is 2.12. The molecule has 0 bridgehead atoms. The molecule has 0 saturated carbocycles. The third kappa shape index (κ3) is 3.01. The Hall–Kier alpha value is -4.27. The molecule has 1 aromatic carbocycles. The third-order valence-corrected chi connectivity index (χ3v) is 4.18. The molecule has 0 atom stereocenters. The topological polar surface area (TPSA) is 136 Å². The Labute approximate surface area is 158 Å². The monoisotopic (exact) mass is 374 g/mol. The Balaban J connectivity index is 1.71. The van der Waals surface area contributed by atoms with Gasteiger partial charge in [0.05, 0.1) is 5.39 Å². The van der Waals surface area contributed by atoms with Crippen LogP contribution in [0.3, 0.4) is 0 Å². The van der Waals surface area contributed by atoms with Crippen LogP contribution in [0.2, 0.25) is 0 Å². The maximum absolute atomic E-state index is 11.9. The molecular formula is C19H14N6O3. The number of hydrogen-bond acceptors (Lipinski definition) is 7. The summed E-state index contributed by atoms with van der Waals surface area (Å²) in [5.74, 6) is -0.266. The number of amides is 1. The fourth-order valence-corrected chi connectivity index (χ4v) is 2.85. The zero-order chi connectivity index (χ0) is 19.7. The van der Waals surface area contributed by atoms with Crippen LogP contribution in [-0.2, 0) is 0 Å². The molecule has 3 heterocycles. The number of nitrogens with two attached hydrogens (primary N) is 1. The molecule has 0 spiro atoms. The van der Waals surface area contributed by atoms with E-state index >= 15 is 0 Å². The summed E-state index contributed by atoms with van der Waals surface area (Å²) in [6.07, 6.45) is 4.55. The van der Waals surface area contributed by atoms with E-state index in [1.54, 1.807) is 48.7 Å². The Morgan fingerprint density at radius 3 is 2.64 bits per heavy atom. The van der Waals surface area contributed by atoms with Crippen LogP contribution in [0, 0.1) is 0 Å². The summed E-state index contributed by atoms with van der Waals surface area (Å²) in [6.45, 7) is 0. The van der Waals surface area contributed by atoms with E-state index in [1.165, 1.54) is 12.4 Å². The van der Waals surface area contributed by atoms with Gasteiger partial charge < -0.3 is 16.3 Å². The molecule has 3 aromatic heterocycles. The minimum atomic E-state index is -0.841. The number of aromatic nitrogens is 4. The second-order valence-corrected chi connectivity index (χ2v) is 5.92. The number of rotatable bonds is 4. The van der Waals surface area contributed by atoms with Gasteiger partial charge in [0.1, 0.15) is 5.82 Å². The summed E-state index contributed by atoms with van der Waals surface area (Å²) in [5.41, 5.74) is 7.09. The van der Waals surface area contributed by atoms with Crippen LogP contribution in [0.4, 0.5) is 11.5 Å². The number of anilines is 2. The van der Waals surface area contributed by atoms with Gasteiger partial charge in [0.2, 0.25) is 5.91 Å². The molecule has 0 aliphatic heterocycles. The summed E-state index contributed by atoms with van der Waals surface area (Å²) >= 11 is 0. The molecule has 0 aliphatic carbocycles. The summed E-state index contributed by atoms with van der Waals surface area (Å²) in [5, 5.41) is 13.3. The van der Waals surface area contributed by atoms with Crippen molar-refractivity contribution in [2.75, 3.05) is 5.32 Å². The van der Waals surface area contributed by atoms with Crippen LogP contribution in [0.1, 0.15) is 10.4 Å². The Morgan fingerprint density at radius 1 is 1.11 bits per heavy atom. The number of nitrogens with zero attached hydrogens (tertiary/aromatic N) is 4. The van der Waals surface area contributed by atoms with Gasteiger partial charge in [-0.2, -0.15) is 4.98 Å². The van der Waals surface area contributed by atoms with Gasteiger partial charge in [0.25, 0.3) is 0 Å². The average molecular weight is 374 g/mol. The lowest BCUT2D eigenvalue weighted by molar-refractivity contribution is 0.100. The molecule has 4 rings (SSSR count). The average Bonchev–Trinajstić information content (AvgIpc) is 2.72. The third-order valence-electron chi connectivity index (χ3n) is 4.18. The molecule has 4 aromatic rings. The molecule has 9 nitrogen and oxygen atoms in total. The number of nitrogens with one attached hydrogen (secondary N) is 1. The van der Waals surface area contributed by atoms with Crippen molar-refractivity contribution in [2.24, 2.45) is 5.73 Å². The lowest BCUT2D eigenvalue weighted by Gasteiger charge is -2.11.